The fraction of sp³-hybridized carbons (Fsp3) is 0.560. The third-order valence-electron chi connectivity index (χ3n) is 5.91. The van der Waals surface area contributed by atoms with Crippen LogP contribution < -0.4 is 15.8 Å². The number of likely N-dealkylation sites (tertiary alicyclic amines) is 1. The first-order valence-electron chi connectivity index (χ1n) is 12.3. The first-order valence-corrected chi connectivity index (χ1v) is 12.3. The van der Waals surface area contributed by atoms with Gasteiger partial charge in [-0.05, 0) is 63.9 Å². The number of phenolic OH excluding ortho intramolecular Hbond substituents is 1. The standard InChI is InChI=1S/C22H30F3N5O2.C3H6O2/c1-3-4-9-30-10-5-6-15(13-30)27-21-18(12-26)14(2)20(28-29-21)17-8-7-16(11-19(17)31)32-22(23,24)25;1-2-5-3-4/h7-8,11,15,31H,3-6,9-10,12-13,26H2,1-2H3,(H,27,29);3H,2H2,1H3. The molecule has 206 valence electrons. The van der Waals surface area contributed by atoms with Crippen molar-refractivity contribution in [3.8, 4) is 22.8 Å². The van der Waals surface area contributed by atoms with Crippen molar-refractivity contribution in [2.75, 3.05) is 31.6 Å². The van der Waals surface area contributed by atoms with Gasteiger partial charge in [0.1, 0.15) is 17.2 Å². The van der Waals surface area contributed by atoms with Crippen LogP contribution >= 0.6 is 0 Å². The summed E-state index contributed by atoms with van der Waals surface area (Å²) in [4.78, 5) is 11.6. The summed E-state index contributed by atoms with van der Waals surface area (Å²) >= 11 is 0. The van der Waals surface area contributed by atoms with Crippen molar-refractivity contribution in [2.24, 2.45) is 5.73 Å². The number of rotatable bonds is 10. The Morgan fingerprint density at radius 1 is 1.30 bits per heavy atom. The van der Waals surface area contributed by atoms with E-state index in [1.54, 1.807) is 6.92 Å². The Hall–Kier alpha value is -3.12. The van der Waals surface area contributed by atoms with E-state index in [1.165, 1.54) is 12.5 Å². The number of carbonyl (C=O) groups excluding carboxylic acids is 1. The van der Waals surface area contributed by atoms with Crippen molar-refractivity contribution in [1.29, 1.82) is 0 Å². The van der Waals surface area contributed by atoms with E-state index in [9.17, 15) is 23.1 Å². The summed E-state index contributed by atoms with van der Waals surface area (Å²) in [5.41, 5.74) is 8.09. The summed E-state index contributed by atoms with van der Waals surface area (Å²) in [5, 5.41) is 22.3. The molecule has 0 amide bonds. The molecular formula is C25H36F3N5O4. The van der Waals surface area contributed by atoms with E-state index in [2.05, 4.69) is 36.8 Å². The normalized spacial score (nSPS) is 15.9. The number of carbonyl (C=O) groups is 1. The number of nitrogens with two attached hydrogens (primary N) is 1. The van der Waals surface area contributed by atoms with Crippen LogP contribution in [0.1, 0.15) is 50.7 Å². The van der Waals surface area contributed by atoms with Gasteiger partial charge in [0.25, 0.3) is 6.47 Å². The van der Waals surface area contributed by atoms with Crippen molar-refractivity contribution >= 4 is 12.3 Å². The zero-order chi connectivity index (χ0) is 27.4. The lowest BCUT2D eigenvalue weighted by Crippen LogP contribution is -2.42. The zero-order valence-corrected chi connectivity index (χ0v) is 21.5. The average molecular weight is 528 g/mol. The van der Waals surface area contributed by atoms with E-state index in [0.717, 1.165) is 56.6 Å². The van der Waals surface area contributed by atoms with E-state index in [4.69, 9.17) is 5.73 Å². The molecule has 3 rings (SSSR count). The molecule has 0 aliphatic carbocycles. The minimum atomic E-state index is -4.84. The summed E-state index contributed by atoms with van der Waals surface area (Å²) in [5.74, 6) is -0.286. The summed E-state index contributed by atoms with van der Waals surface area (Å²) in [6, 6.07) is 3.60. The number of aromatic hydroxyl groups is 1. The van der Waals surface area contributed by atoms with Crippen molar-refractivity contribution < 1.29 is 32.5 Å². The van der Waals surface area contributed by atoms with Gasteiger partial charge in [-0.2, -0.15) is 0 Å². The van der Waals surface area contributed by atoms with Gasteiger partial charge in [0.2, 0.25) is 0 Å². The van der Waals surface area contributed by atoms with Crippen LogP contribution in [0.4, 0.5) is 19.0 Å². The van der Waals surface area contributed by atoms with Crippen molar-refractivity contribution in [3.05, 3.63) is 29.3 Å². The predicted octanol–water partition coefficient (Wildman–Crippen LogP) is 4.37. The molecule has 4 N–H and O–H groups in total. The molecule has 1 fully saturated rings. The molecule has 0 saturated carbocycles. The molecule has 1 atom stereocenters. The Kier molecular flexibility index (Phi) is 11.9. The molecule has 1 aliphatic rings. The number of unbranched alkanes of at least 4 members (excludes halogenated alkanes) is 1. The maximum absolute atomic E-state index is 12.4. The van der Waals surface area contributed by atoms with E-state index in [0.29, 0.717) is 30.2 Å². The van der Waals surface area contributed by atoms with Gasteiger partial charge in [-0.15, -0.1) is 23.4 Å². The minimum absolute atomic E-state index is 0.207. The first-order chi connectivity index (χ1) is 17.6. The summed E-state index contributed by atoms with van der Waals surface area (Å²) in [6.45, 7) is 9.96. The number of benzene rings is 1. The molecule has 0 radical (unpaired) electrons. The van der Waals surface area contributed by atoms with Crippen LogP contribution in [0.25, 0.3) is 11.3 Å². The maximum atomic E-state index is 12.4. The Balaban J connectivity index is 0.000000877. The highest BCUT2D eigenvalue weighted by Crippen LogP contribution is 2.36. The average Bonchev–Trinajstić information content (AvgIpc) is 2.84. The van der Waals surface area contributed by atoms with Gasteiger partial charge < -0.3 is 30.5 Å². The van der Waals surface area contributed by atoms with Gasteiger partial charge in [0.05, 0.1) is 6.61 Å². The molecule has 1 aromatic heterocycles. The van der Waals surface area contributed by atoms with E-state index >= 15 is 0 Å². The lowest BCUT2D eigenvalue weighted by Gasteiger charge is -2.33. The van der Waals surface area contributed by atoms with Crippen molar-refractivity contribution in [3.63, 3.8) is 0 Å². The van der Waals surface area contributed by atoms with Crippen LogP contribution in [0.5, 0.6) is 11.5 Å². The molecule has 1 unspecified atom stereocenters. The summed E-state index contributed by atoms with van der Waals surface area (Å²) in [6.07, 6.45) is -0.381. The second-order valence-electron chi connectivity index (χ2n) is 8.62. The van der Waals surface area contributed by atoms with E-state index < -0.39 is 12.1 Å². The molecule has 0 bridgehead atoms. The fourth-order valence-corrected chi connectivity index (χ4v) is 4.11. The molecule has 2 heterocycles. The molecule has 37 heavy (non-hydrogen) atoms. The van der Waals surface area contributed by atoms with Gasteiger partial charge >= 0.3 is 6.36 Å². The highest BCUT2D eigenvalue weighted by molar-refractivity contribution is 5.72. The Morgan fingerprint density at radius 3 is 2.62 bits per heavy atom. The van der Waals surface area contributed by atoms with Crippen molar-refractivity contribution in [2.45, 2.75) is 65.4 Å². The van der Waals surface area contributed by atoms with E-state index in [-0.39, 0.29) is 23.9 Å². The number of nitrogens with zero attached hydrogens (tertiary/aromatic N) is 3. The third kappa shape index (κ3) is 9.36. The highest BCUT2D eigenvalue weighted by atomic mass is 19.4. The molecule has 1 saturated heterocycles. The largest absolute Gasteiger partial charge is 0.573 e. The van der Waals surface area contributed by atoms with Gasteiger partial charge in [0, 0.05) is 36.3 Å². The Labute approximate surface area is 215 Å². The predicted molar refractivity (Wildman–Crippen MR) is 134 cm³/mol. The Morgan fingerprint density at radius 2 is 2.05 bits per heavy atom. The minimum Gasteiger partial charge on any atom is -0.507 e. The lowest BCUT2D eigenvalue weighted by molar-refractivity contribution is -0.274. The number of hydrogen-bond acceptors (Lipinski definition) is 9. The van der Waals surface area contributed by atoms with E-state index in [1.807, 2.05) is 6.92 Å². The van der Waals surface area contributed by atoms with Gasteiger partial charge in [-0.25, -0.2) is 0 Å². The molecular weight excluding hydrogens is 491 g/mol. The number of aromatic nitrogens is 2. The summed E-state index contributed by atoms with van der Waals surface area (Å²) < 4.78 is 45.3. The van der Waals surface area contributed by atoms with Crippen LogP contribution in [0, 0.1) is 6.92 Å². The summed E-state index contributed by atoms with van der Waals surface area (Å²) in [7, 11) is 0. The maximum Gasteiger partial charge on any atom is 0.573 e. The SMILES string of the molecule is CCCCN1CCCC(Nc2nnc(-c3ccc(OC(F)(F)F)cc3O)c(C)c2CN)C1.CCOC=O. The van der Waals surface area contributed by atoms with Crippen molar-refractivity contribution in [1.82, 2.24) is 15.1 Å². The van der Waals surface area contributed by atoms with Gasteiger partial charge in [-0.3, -0.25) is 4.79 Å². The number of ether oxygens (including phenoxy) is 2. The molecule has 1 aromatic carbocycles. The van der Waals surface area contributed by atoms with Crippen LogP contribution in [0.15, 0.2) is 18.2 Å². The van der Waals surface area contributed by atoms with Gasteiger partial charge in [0.15, 0.2) is 5.82 Å². The molecule has 2 aromatic rings. The van der Waals surface area contributed by atoms with Crippen LogP contribution in [0.3, 0.4) is 0 Å². The molecule has 1 aliphatic heterocycles. The first kappa shape index (κ1) is 30.1. The Bertz CT molecular complexity index is 1010. The lowest BCUT2D eigenvalue weighted by atomic mass is 10.0. The molecule has 9 nitrogen and oxygen atoms in total. The monoisotopic (exact) mass is 527 g/mol. The molecule has 0 spiro atoms. The number of halogens is 3. The second kappa shape index (κ2) is 14.6. The fourth-order valence-electron chi connectivity index (χ4n) is 4.11. The topological polar surface area (TPSA) is 123 Å². The van der Waals surface area contributed by atoms with Crippen LogP contribution in [-0.4, -0.2) is 65.3 Å². The van der Waals surface area contributed by atoms with Gasteiger partial charge in [-0.1, -0.05) is 13.3 Å². The number of phenols is 1. The third-order valence-corrected chi connectivity index (χ3v) is 5.91. The van der Waals surface area contributed by atoms with Crippen LogP contribution in [-0.2, 0) is 16.1 Å². The second-order valence-corrected chi connectivity index (χ2v) is 8.62. The van der Waals surface area contributed by atoms with Crippen LogP contribution in [0.2, 0.25) is 0 Å². The number of hydrogen-bond donors (Lipinski definition) is 3. The highest BCUT2D eigenvalue weighted by Gasteiger charge is 2.31. The molecule has 12 heteroatoms. The quantitative estimate of drug-likeness (QED) is 0.387. The number of anilines is 1. The number of alkyl halides is 3. The number of piperidine rings is 1. The number of nitrogens with one attached hydrogen (secondary N) is 1. The smallest absolute Gasteiger partial charge is 0.507 e. The zero-order valence-electron chi connectivity index (χ0n) is 21.5.